The largest absolute Gasteiger partial charge is 0.365 e. The topological polar surface area (TPSA) is 46.4 Å². The molecular weight excluding hydrogens is 408 g/mol. The Morgan fingerprint density at radius 3 is 2.65 bits per heavy atom. The zero-order chi connectivity index (χ0) is 14.7. The van der Waals surface area contributed by atoms with Gasteiger partial charge in [-0.1, -0.05) is 22.0 Å². The summed E-state index contributed by atoms with van der Waals surface area (Å²) >= 11 is 8.35. The zero-order valence-electron chi connectivity index (χ0n) is 10.7. The monoisotopic (exact) mass is 418 g/mol. The first-order chi connectivity index (χ1) is 9.51. The highest BCUT2D eigenvalue weighted by Crippen LogP contribution is 2.31. The van der Waals surface area contributed by atoms with Crippen molar-refractivity contribution in [1.29, 1.82) is 0 Å². The summed E-state index contributed by atoms with van der Waals surface area (Å²) in [6, 6.07) is 7.34. The maximum atomic E-state index is 11.2. The van der Waals surface area contributed by atoms with E-state index in [1.807, 2.05) is 29.5 Å². The molecule has 0 spiro atoms. The van der Waals surface area contributed by atoms with Crippen molar-refractivity contribution in [1.82, 2.24) is 0 Å². The minimum absolute atomic E-state index is 0.138. The van der Waals surface area contributed by atoms with E-state index in [0.29, 0.717) is 17.6 Å². The van der Waals surface area contributed by atoms with Crippen LogP contribution in [0.4, 0.5) is 11.4 Å². The summed E-state index contributed by atoms with van der Waals surface area (Å²) in [4.78, 5) is 12.8. The van der Waals surface area contributed by atoms with Crippen molar-refractivity contribution in [3.8, 4) is 0 Å². The molecule has 2 rings (SSSR count). The van der Waals surface area contributed by atoms with Gasteiger partial charge >= 0.3 is 0 Å². The Morgan fingerprint density at radius 1 is 1.35 bits per heavy atom. The van der Waals surface area contributed by atoms with Crippen LogP contribution in [-0.4, -0.2) is 12.0 Å². The quantitative estimate of drug-likeness (QED) is 0.391. The fourth-order valence-corrected chi connectivity index (χ4v) is 3.46. The molecule has 106 valence electrons. The van der Waals surface area contributed by atoms with Gasteiger partial charge in [0.1, 0.15) is 5.69 Å². The van der Waals surface area contributed by atoms with Crippen LogP contribution in [-0.2, 0) is 11.9 Å². The molecule has 0 aliphatic rings. The number of hydrogen-bond donors (Lipinski definition) is 0. The predicted octanol–water partition coefficient (Wildman–Crippen LogP) is 4.95. The van der Waals surface area contributed by atoms with Crippen LogP contribution in [0.1, 0.15) is 11.1 Å². The standard InChI is InChI=1S/C13H12Br2N2O2S/c1-16(7-10-5-13(15)20-8-10)11-3-2-9(6-14)4-12(11)17(18)19/h2-5,8H,6-7H2,1H3. The molecular formula is C13H12Br2N2O2S. The molecule has 0 saturated carbocycles. The van der Waals surface area contributed by atoms with Gasteiger partial charge in [0.05, 0.1) is 8.71 Å². The smallest absolute Gasteiger partial charge is 0.292 e. The lowest BCUT2D eigenvalue weighted by atomic mass is 10.1. The van der Waals surface area contributed by atoms with Crippen molar-refractivity contribution in [2.24, 2.45) is 0 Å². The number of nitrogens with zero attached hydrogens (tertiary/aromatic N) is 2. The summed E-state index contributed by atoms with van der Waals surface area (Å²) in [5, 5.41) is 13.9. The molecule has 1 aromatic heterocycles. The van der Waals surface area contributed by atoms with Crippen molar-refractivity contribution in [2.75, 3.05) is 11.9 Å². The lowest BCUT2D eigenvalue weighted by molar-refractivity contribution is -0.384. The molecule has 0 radical (unpaired) electrons. The summed E-state index contributed by atoms with van der Waals surface area (Å²) < 4.78 is 1.06. The number of nitro groups is 1. The first-order valence-corrected chi connectivity index (χ1v) is 8.58. The normalized spacial score (nSPS) is 10.6. The van der Waals surface area contributed by atoms with E-state index in [0.717, 1.165) is 14.9 Å². The summed E-state index contributed by atoms with van der Waals surface area (Å²) in [5.74, 6) is 0. The maximum Gasteiger partial charge on any atom is 0.292 e. The van der Waals surface area contributed by atoms with Gasteiger partial charge in [0, 0.05) is 25.0 Å². The molecule has 0 N–H and O–H groups in total. The van der Waals surface area contributed by atoms with Crippen LogP contribution in [0.5, 0.6) is 0 Å². The molecule has 4 nitrogen and oxygen atoms in total. The van der Waals surface area contributed by atoms with Gasteiger partial charge < -0.3 is 4.90 Å². The molecule has 1 aromatic carbocycles. The van der Waals surface area contributed by atoms with Crippen LogP contribution >= 0.6 is 43.2 Å². The van der Waals surface area contributed by atoms with Gasteiger partial charge in [-0.25, -0.2) is 0 Å². The molecule has 0 saturated heterocycles. The molecule has 0 aliphatic carbocycles. The SMILES string of the molecule is CN(Cc1csc(Br)c1)c1ccc(CBr)cc1[N+](=O)[O-]. The highest BCUT2D eigenvalue weighted by molar-refractivity contribution is 9.11. The van der Waals surface area contributed by atoms with E-state index in [9.17, 15) is 10.1 Å². The lowest BCUT2D eigenvalue weighted by Gasteiger charge is -2.18. The Bertz CT molecular complexity index is 631. The molecule has 0 aliphatic heterocycles. The van der Waals surface area contributed by atoms with Crippen molar-refractivity contribution in [3.63, 3.8) is 0 Å². The summed E-state index contributed by atoms with van der Waals surface area (Å²) in [6.07, 6.45) is 0. The molecule has 0 atom stereocenters. The third kappa shape index (κ3) is 3.59. The van der Waals surface area contributed by atoms with Crippen LogP contribution < -0.4 is 4.90 Å². The summed E-state index contributed by atoms with van der Waals surface area (Å²) in [5.41, 5.74) is 2.79. The second kappa shape index (κ2) is 6.69. The number of halogens is 2. The molecule has 1 heterocycles. The Labute approximate surface area is 137 Å². The summed E-state index contributed by atoms with van der Waals surface area (Å²) in [7, 11) is 1.86. The molecule has 20 heavy (non-hydrogen) atoms. The van der Waals surface area contributed by atoms with Crippen LogP contribution in [0.15, 0.2) is 33.4 Å². The first kappa shape index (κ1) is 15.5. The average molecular weight is 420 g/mol. The van der Waals surface area contributed by atoms with Gasteiger partial charge in [-0.3, -0.25) is 10.1 Å². The lowest BCUT2D eigenvalue weighted by Crippen LogP contribution is -2.17. The molecule has 0 fully saturated rings. The third-order valence-corrected chi connectivity index (χ3v) is 5.04. The van der Waals surface area contributed by atoms with Crippen LogP contribution in [0.3, 0.4) is 0 Å². The minimum Gasteiger partial charge on any atom is -0.365 e. The predicted molar refractivity (Wildman–Crippen MR) is 89.9 cm³/mol. The van der Waals surface area contributed by atoms with Crippen LogP contribution in [0, 0.1) is 10.1 Å². The average Bonchev–Trinajstić information content (AvgIpc) is 2.83. The van der Waals surface area contributed by atoms with E-state index in [-0.39, 0.29) is 10.6 Å². The number of anilines is 1. The molecule has 0 bridgehead atoms. The van der Waals surface area contributed by atoms with Gasteiger partial charge in [0.25, 0.3) is 5.69 Å². The Kier molecular flexibility index (Phi) is 5.17. The molecule has 0 amide bonds. The van der Waals surface area contributed by atoms with Crippen molar-refractivity contribution in [2.45, 2.75) is 11.9 Å². The fraction of sp³-hybridized carbons (Fsp3) is 0.231. The first-order valence-electron chi connectivity index (χ1n) is 5.78. The number of rotatable bonds is 5. The van der Waals surface area contributed by atoms with Gasteiger partial charge in [-0.05, 0) is 44.6 Å². The molecule has 7 heteroatoms. The minimum atomic E-state index is -0.332. The van der Waals surface area contributed by atoms with Crippen molar-refractivity contribution < 1.29 is 4.92 Å². The summed E-state index contributed by atoms with van der Waals surface area (Å²) in [6.45, 7) is 0.636. The second-order valence-electron chi connectivity index (χ2n) is 4.33. The Hall–Kier alpha value is -0.920. The van der Waals surface area contributed by atoms with Crippen molar-refractivity contribution in [3.05, 3.63) is 54.7 Å². The highest BCUT2D eigenvalue weighted by atomic mass is 79.9. The third-order valence-electron chi connectivity index (χ3n) is 2.84. The van der Waals surface area contributed by atoms with Crippen LogP contribution in [0.25, 0.3) is 0 Å². The zero-order valence-corrected chi connectivity index (χ0v) is 14.7. The number of benzene rings is 1. The van der Waals surface area contributed by atoms with Crippen LogP contribution in [0.2, 0.25) is 0 Å². The molecule has 2 aromatic rings. The van der Waals surface area contributed by atoms with Crippen molar-refractivity contribution >= 4 is 54.6 Å². The fourth-order valence-electron chi connectivity index (χ4n) is 1.91. The molecule has 0 unspecified atom stereocenters. The van der Waals surface area contributed by atoms with Gasteiger partial charge in [-0.15, -0.1) is 11.3 Å². The number of nitro benzene ring substituents is 1. The van der Waals surface area contributed by atoms with E-state index in [4.69, 9.17) is 0 Å². The number of thiophene rings is 1. The van der Waals surface area contributed by atoms with E-state index < -0.39 is 0 Å². The van der Waals surface area contributed by atoms with Gasteiger partial charge in [-0.2, -0.15) is 0 Å². The van der Waals surface area contributed by atoms with E-state index in [2.05, 4.69) is 31.9 Å². The number of alkyl halides is 1. The Balaban J connectivity index is 2.28. The van der Waals surface area contributed by atoms with E-state index >= 15 is 0 Å². The maximum absolute atomic E-state index is 11.2. The second-order valence-corrected chi connectivity index (χ2v) is 7.18. The van der Waals surface area contributed by atoms with E-state index in [1.54, 1.807) is 23.5 Å². The van der Waals surface area contributed by atoms with Gasteiger partial charge in [0.2, 0.25) is 0 Å². The number of hydrogen-bond acceptors (Lipinski definition) is 4. The van der Waals surface area contributed by atoms with E-state index in [1.165, 1.54) is 0 Å². The Morgan fingerprint density at radius 2 is 2.10 bits per heavy atom. The highest BCUT2D eigenvalue weighted by Gasteiger charge is 2.18. The van der Waals surface area contributed by atoms with Gasteiger partial charge in [0.15, 0.2) is 0 Å².